The molecule has 0 aliphatic carbocycles. The molecule has 4 heteroatoms. The lowest BCUT2D eigenvalue weighted by atomic mass is 10.0. The van der Waals surface area contributed by atoms with Crippen molar-refractivity contribution in [1.82, 2.24) is 5.32 Å². The third-order valence-corrected chi connectivity index (χ3v) is 3.99. The summed E-state index contributed by atoms with van der Waals surface area (Å²) < 4.78 is 5.62. The van der Waals surface area contributed by atoms with Crippen molar-refractivity contribution >= 4 is 17.2 Å². The summed E-state index contributed by atoms with van der Waals surface area (Å²) in [6, 6.07) is 11.4. The SMILES string of the molecule is COC1(c2cccs2)NC(=O)c2ccccc21. The molecule has 3 nitrogen and oxygen atoms in total. The molecule has 0 fully saturated rings. The van der Waals surface area contributed by atoms with Crippen molar-refractivity contribution in [3.05, 3.63) is 57.8 Å². The summed E-state index contributed by atoms with van der Waals surface area (Å²) in [7, 11) is 1.61. The Kier molecular flexibility index (Phi) is 2.28. The van der Waals surface area contributed by atoms with E-state index in [0.29, 0.717) is 5.56 Å². The molecule has 17 heavy (non-hydrogen) atoms. The second kappa shape index (κ2) is 3.68. The van der Waals surface area contributed by atoms with Gasteiger partial charge in [0.2, 0.25) is 5.72 Å². The number of hydrogen-bond donors (Lipinski definition) is 1. The van der Waals surface area contributed by atoms with Gasteiger partial charge in [-0.25, -0.2) is 0 Å². The van der Waals surface area contributed by atoms with Crippen LogP contribution in [0.3, 0.4) is 0 Å². The number of amides is 1. The number of ether oxygens (including phenoxy) is 1. The second-order valence-corrected chi connectivity index (χ2v) is 4.81. The highest BCUT2D eigenvalue weighted by molar-refractivity contribution is 7.10. The number of carbonyl (C=O) groups excluding carboxylic acids is 1. The van der Waals surface area contributed by atoms with E-state index in [1.165, 1.54) is 0 Å². The van der Waals surface area contributed by atoms with Gasteiger partial charge in [0.15, 0.2) is 0 Å². The first-order valence-electron chi connectivity index (χ1n) is 5.29. The lowest BCUT2D eigenvalue weighted by molar-refractivity contribution is 0.00616. The lowest BCUT2D eigenvalue weighted by Gasteiger charge is -2.27. The molecule has 2 heterocycles. The number of methoxy groups -OCH3 is 1. The molecule has 1 aromatic carbocycles. The van der Waals surface area contributed by atoms with Gasteiger partial charge in [-0.2, -0.15) is 0 Å². The minimum Gasteiger partial charge on any atom is -0.350 e. The molecule has 1 unspecified atom stereocenters. The van der Waals surface area contributed by atoms with E-state index in [4.69, 9.17) is 4.74 Å². The number of benzene rings is 1. The number of fused-ring (bicyclic) bond motifs is 1. The molecule has 1 N–H and O–H groups in total. The largest absolute Gasteiger partial charge is 0.350 e. The Balaban J connectivity index is 2.25. The fourth-order valence-corrected chi connectivity index (χ4v) is 3.09. The van der Waals surface area contributed by atoms with Crippen LogP contribution in [0.1, 0.15) is 20.8 Å². The summed E-state index contributed by atoms with van der Waals surface area (Å²) >= 11 is 1.57. The van der Waals surface area contributed by atoms with Gasteiger partial charge in [-0.1, -0.05) is 24.3 Å². The van der Waals surface area contributed by atoms with Crippen LogP contribution in [0.25, 0.3) is 0 Å². The zero-order chi connectivity index (χ0) is 11.9. The molecular weight excluding hydrogens is 234 g/mol. The van der Waals surface area contributed by atoms with Crippen molar-refractivity contribution < 1.29 is 9.53 Å². The maximum absolute atomic E-state index is 11.9. The molecular formula is C13H11NO2S. The summed E-state index contributed by atoms with van der Waals surface area (Å²) in [5, 5.41) is 4.91. The van der Waals surface area contributed by atoms with Gasteiger partial charge < -0.3 is 10.1 Å². The Bertz CT molecular complexity index is 565. The van der Waals surface area contributed by atoms with E-state index < -0.39 is 5.72 Å². The number of hydrogen-bond acceptors (Lipinski definition) is 3. The molecule has 1 aromatic heterocycles. The van der Waals surface area contributed by atoms with Gasteiger partial charge in [-0.15, -0.1) is 11.3 Å². The lowest BCUT2D eigenvalue weighted by Crippen LogP contribution is -2.41. The van der Waals surface area contributed by atoms with Gasteiger partial charge in [0.1, 0.15) is 0 Å². The predicted octanol–water partition coefficient (Wildman–Crippen LogP) is 2.34. The first-order valence-corrected chi connectivity index (χ1v) is 6.17. The monoisotopic (exact) mass is 245 g/mol. The third-order valence-electron chi connectivity index (χ3n) is 3.01. The van der Waals surface area contributed by atoms with E-state index in [0.717, 1.165) is 10.4 Å². The van der Waals surface area contributed by atoms with Crippen LogP contribution in [0.4, 0.5) is 0 Å². The highest BCUT2D eigenvalue weighted by atomic mass is 32.1. The highest BCUT2D eigenvalue weighted by Crippen LogP contribution is 2.39. The summed E-state index contributed by atoms with van der Waals surface area (Å²) in [4.78, 5) is 12.9. The fourth-order valence-electron chi connectivity index (χ4n) is 2.22. The van der Waals surface area contributed by atoms with Crippen molar-refractivity contribution in [2.24, 2.45) is 0 Å². The Morgan fingerprint density at radius 1 is 1.24 bits per heavy atom. The third kappa shape index (κ3) is 1.34. The van der Waals surface area contributed by atoms with Gasteiger partial charge in [0, 0.05) is 18.2 Å². The number of thiophene rings is 1. The number of nitrogens with one attached hydrogen (secondary N) is 1. The summed E-state index contributed by atoms with van der Waals surface area (Å²) in [5.74, 6) is -0.0872. The van der Waals surface area contributed by atoms with E-state index in [2.05, 4.69) is 5.32 Å². The van der Waals surface area contributed by atoms with Gasteiger partial charge in [-0.3, -0.25) is 4.79 Å². The maximum atomic E-state index is 11.9. The summed E-state index contributed by atoms with van der Waals surface area (Å²) in [6.07, 6.45) is 0. The standard InChI is InChI=1S/C13H11NO2S/c1-16-13(11-7-4-8-17-11)10-6-3-2-5-9(10)12(15)14-13/h2-8H,1H3,(H,14,15). The van der Waals surface area contributed by atoms with E-state index in [1.807, 2.05) is 41.8 Å². The van der Waals surface area contributed by atoms with Crippen LogP contribution in [-0.4, -0.2) is 13.0 Å². The average molecular weight is 245 g/mol. The van der Waals surface area contributed by atoms with Crippen LogP contribution < -0.4 is 5.32 Å². The number of rotatable bonds is 2. The summed E-state index contributed by atoms with van der Waals surface area (Å²) in [5.41, 5.74) is 0.750. The highest BCUT2D eigenvalue weighted by Gasteiger charge is 2.45. The zero-order valence-corrected chi connectivity index (χ0v) is 10.1. The quantitative estimate of drug-likeness (QED) is 0.882. The van der Waals surface area contributed by atoms with Crippen LogP contribution in [-0.2, 0) is 10.5 Å². The van der Waals surface area contributed by atoms with Crippen molar-refractivity contribution in [3.63, 3.8) is 0 Å². The van der Waals surface area contributed by atoms with Crippen molar-refractivity contribution in [3.8, 4) is 0 Å². The van der Waals surface area contributed by atoms with Crippen molar-refractivity contribution in [1.29, 1.82) is 0 Å². The first-order chi connectivity index (χ1) is 8.28. The molecule has 1 amide bonds. The molecule has 0 spiro atoms. The molecule has 0 saturated carbocycles. The van der Waals surface area contributed by atoms with Gasteiger partial charge in [-0.05, 0) is 17.5 Å². The van der Waals surface area contributed by atoms with Gasteiger partial charge >= 0.3 is 0 Å². The normalized spacial score (nSPS) is 22.3. The van der Waals surface area contributed by atoms with E-state index in [-0.39, 0.29) is 5.91 Å². The minimum absolute atomic E-state index is 0.0872. The van der Waals surface area contributed by atoms with Crippen LogP contribution in [0.15, 0.2) is 41.8 Å². The Morgan fingerprint density at radius 3 is 2.76 bits per heavy atom. The minimum atomic E-state index is -0.818. The van der Waals surface area contributed by atoms with E-state index >= 15 is 0 Å². The zero-order valence-electron chi connectivity index (χ0n) is 9.27. The Morgan fingerprint density at radius 2 is 2.06 bits per heavy atom. The molecule has 0 bridgehead atoms. The van der Waals surface area contributed by atoms with Crippen LogP contribution in [0.5, 0.6) is 0 Å². The smallest absolute Gasteiger partial charge is 0.254 e. The Labute approximate surface area is 103 Å². The van der Waals surface area contributed by atoms with E-state index in [9.17, 15) is 4.79 Å². The Hall–Kier alpha value is -1.65. The molecule has 1 aliphatic rings. The summed E-state index contributed by atoms with van der Waals surface area (Å²) in [6.45, 7) is 0. The molecule has 2 aromatic rings. The molecule has 1 atom stereocenters. The molecule has 0 radical (unpaired) electrons. The van der Waals surface area contributed by atoms with Gasteiger partial charge in [0.05, 0.1) is 4.88 Å². The van der Waals surface area contributed by atoms with Crippen LogP contribution in [0, 0.1) is 0 Å². The fraction of sp³-hybridized carbons (Fsp3) is 0.154. The van der Waals surface area contributed by atoms with E-state index in [1.54, 1.807) is 18.4 Å². The van der Waals surface area contributed by atoms with Crippen molar-refractivity contribution in [2.45, 2.75) is 5.72 Å². The van der Waals surface area contributed by atoms with Crippen LogP contribution >= 0.6 is 11.3 Å². The topological polar surface area (TPSA) is 38.3 Å². The van der Waals surface area contributed by atoms with Crippen molar-refractivity contribution in [2.75, 3.05) is 7.11 Å². The average Bonchev–Trinajstić information content (AvgIpc) is 2.97. The molecule has 86 valence electrons. The predicted molar refractivity (Wildman–Crippen MR) is 66.0 cm³/mol. The molecule has 3 rings (SSSR count). The second-order valence-electron chi connectivity index (χ2n) is 3.86. The molecule has 0 saturated heterocycles. The van der Waals surface area contributed by atoms with Crippen LogP contribution in [0.2, 0.25) is 0 Å². The molecule has 1 aliphatic heterocycles. The maximum Gasteiger partial charge on any atom is 0.254 e. The first kappa shape index (κ1) is 10.5. The number of carbonyl (C=O) groups is 1. The van der Waals surface area contributed by atoms with Gasteiger partial charge in [0.25, 0.3) is 5.91 Å².